The van der Waals surface area contributed by atoms with Crippen molar-refractivity contribution in [2.45, 2.75) is 61.3 Å². The summed E-state index contributed by atoms with van der Waals surface area (Å²) in [6.45, 7) is 23.3. The van der Waals surface area contributed by atoms with Crippen molar-refractivity contribution in [3.05, 3.63) is 88.7 Å². The van der Waals surface area contributed by atoms with Gasteiger partial charge in [0.2, 0.25) is 0 Å². The number of hydrogen-bond acceptors (Lipinski definition) is 2. The molecule has 36 heavy (non-hydrogen) atoms. The molecule has 0 unspecified atom stereocenters. The summed E-state index contributed by atoms with van der Waals surface area (Å²) in [6.07, 6.45) is 8.62. The van der Waals surface area contributed by atoms with E-state index in [1.807, 2.05) is 4.58 Å². The molecule has 3 heteroatoms. The zero-order chi connectivity index (χ0) is 26.3. The maximum absolute atomic E-state index is 6.43. The molecule has 0 aromatic heterocycles. The molecule has 4 rings (SSSR count). The Bertz CT molecular complexity index is 1150. The van der Waals surface area contributed by atoms with Crippen molar-refractivity contribution in [2.75, 3.05) is 31.1 Å². The smallest absolute Gasteiger partial charge is 0.139 e. The van der Waals surface area contributed by atoms with Crippen molar-refractivity contribution < 1.29 is 9.31 Å². The number of nitrogens with zero attached hydrogens (tertiary/aromatic N) is 2. The molecule has 192 valence electrons. The van der Waals surface area contributed by atoms with Crippen molar-refractivity contribution >= 4 is 18.0 Å². The number of anilines is 1. The predicted molar refractivity (Wildman–Crippen MR) is 157 cm³/mol. The third-order valence-electron chi connectivity index (χ3n) is 6.74. The fourth-order valence-electron chi connectivity index (χ4n) is 4.71. The van der Waals surface area contributed by atoms with Gasteiger partial charge in [0, 0.05) is 41.6 Å². The van der Waals surface area contributed by atoms with Crippen LogP contribution in [-0.4, -0.2) is 37.5 Å². The number of rotatable bonds is 7. The summed E-state index contributed by atoms with van der Waals surface area (Å²) in [5.74, 6) is 1.95. The zero-order valence-electron chi connectivity index (χ0n) is 23.5. The van der Waals surface area contributed by atoms with E-state index in [1.165, 1.54) is 33.5 Å². The monoisotopic (exact) mass is 485 g/mol. The van der Waals surface area contributed by atoms with Crippen molar-refractivity contribution in [3.8, 4) is 5.75 Å². The molecule has 0 saturated carbocycles. The van der Waals surface area contributed by atoms with Gasteiger partial charge in [-0.3, -0.25) is 0 Å². The van der Waals surface area contributed by atoms with Crippen LogP contribution in [0.3, 0.4) is 0 Å². The summed E-state index contributed by atoms with van der Waals surface area (Å²) in [5.41, 5.74) is 7.84. The lowest BCUT2D eigenvalue weighted by Gasteiger charge is -2.30. The highest BCUT2D eigenvalue weighted by Crippen LogP contribution is 2.45. The molecule has 1 aliphatic carbocycles. The zero-order valence-corrected chi connectivity index (χ0v) is 23.5. The Kier molecular flexibility index (Phi) is 9.37. The first-order chi connectivity index (χ1) is 17.2. The molecule has 2 aliphatic rings. The molecule has 0 fully saturated rings. The van der Waals surface area contributed by atoms with Crippen LogP contribution < -0.4 is 9.64 Å². The Morgan fingerprint density at radius 3 is 2.25 bits per heavy atom. The standard InChI is InChI=1S/C28H33NO.C5H12N/c1-6-29(7-2)21-16-17-24-26(18-21)30-25-15-11-10-14-23(25)27(24)22-13-9-8-12-20(22)19-28(3,4)5;1-4-6(3)5-2/h8-10,12-18H,6-7,11,19H2,1-5H3;3-5H2,1-2H3/q;+1. The first-order valence-electron chi connectivity index (χ1n) is 13.5. The van der Waals surface area contributed by atoms with Crippen molar-refractivity contribution in [3.63, 3.8) is 0 Å². The van der Waals surface area contributed by atoms with E-state index in [-0.39, 0.29) is 5.41 Å². The largest absolute Gasteiger partial charge is 0.456 e. The second kappa shape index (κ2) is 12.3. The number of fused-ring (bicyclic) bond motifs is 2. The summed E-state index contributed by atoms with van der Waals surface area (Å²) < 4.78 is 8.43. The van der Waals surface area contributed by atoms with E-state index in [9.17, 15) is 0 Å². The summed E-state index contributed by atoms with van der Waals surface area (Å²) >= 11 is 0. The maximum Gasteiger partial charge on any atom is 0.139 e. The lowest BCUT2D eigenvalue weighted by molar-refractivity contribution is -0.511. The molecule has 0 saturated heterocycles. The Balaban J connectivity index is 0.000000538. The van der Waals surface area contributed by atoms with Crippen molar-refractivity contribution in [1.82, 2.24) is 0 Å². The molecule has 1 aliphatic heterocycles. The molecule has 0 atom stereocenters. The van der Waals surface area contributed by atoms with Gasteiger partial charge in [0.25, 0.3) is 0 Å². The average molecular weight is 486 g/mol. The Labute approximate surface area is 219 Å². The molecule has 0 bridgehead atoms. The lowest BCUT2D eigenvalue weighted by atomic mass is 9.81. The number of allylic oxidation sites excluding steroid dienone is 3. The number of hydrogen-bond donors (Lipinski definition) is 0. The second-order valence-electron chi connectivity index (χ2n) is 10.6. The van der Waals surface area contributed by atoms with Gasteiger partial charge < -0.3 is 9.64 Å². The minimum Gasteiger partial charge on any atom is -0.456 e. The third kappa shape index (κ3) is 6.57. The minimum atomic E-state index is 0.225. The molecular weight excluding hydrogens is 440 g/mol. The maximum atomic E-state index is 6.43. The number of benzene rings is 2. The van der Waals surface area contributed by atoms with Crippen LogP contribution in [0.1, 0.15) is 71.6 Å². The molecule has 0 spiro atoms. The van der Waals surface area contributed by atoms with Gasteiger partial charge in [-0.1, -0.05) is 57.2 Å². The van der Waals surface area contributed by atoms with Gasteiger partial charge in [0.15, 0.2) is 0 Å². The highest BCUT2D eigenvalue weighted by molar-refractivity contribution is 5.92. The van der Waals surface area contributed by atoms with E-state index in [4.69, 9.17) is 4.74 Å². The average Bonchev–Trinajstić information content (AvgIpc) is 2.87. The summed E-state index contributed by atoms with van der Waals surface area (Å²) in [7, 11) is 0. The van der Waals surface area contributed by atoms with Gasteiger partial charge in [-0.05, 0) is 75.3 Å². The van der Waals surface area contributed by atoms with Crippen LogP contribution in [0.25, 0.3) is 5.57 Å². The van der Waals surface area contributed by atoms with Gasteiger partial charge in [-0.25, -0.2) is 4.58 Å². The summed E-state index contributed by atoms with van der Waals surface area (Å²) in [6, 6.07) is 15.6. The van der Waals surface area contributed by atoms with Crippen LogP contribution in [0.2, 0.25) is 0 Å². The summed E-state index contributed by atoms with van der Waals surface area (Å²) in [4.78, 5) is 2.37. The molecule has 0 amide bonds. The van der Waals surface area contributed by atoms with Crippen LogP contribution in [0.4, 0.5) is 5.69 Å². The van der Waals surface area contributed by atoms with E-state index >= 15 is 0 Å². The summed E-state index contributed by atoms with van der Waals surface area (Å²) in [5, 5.41) is 0. The third-order valence-corrected chi connectivity index (χ3v) is 6.74. The van der Waals surface area contributed by atoms with Crippen LogP contribution in [-0.2, 0) is 6.42 Å². The van der Waals surface area contributed by atoms with Gasteiger partial charge in [-0.2, -0.15) is 0 Å². The Hall–Kier alpha value is -3.07. The number of ether oxygens (including phenoxy) is 1. The van der Waals surface area contributed by atoms with E-state index in [0.717, 1.165) is 50.5 Å². The second-order valence-corrected chi connectivity index (χ2v) is 10.6. The van der Waals surface area contributed by atoms with Crippen LogP contribution in [0.5, 0.6) is 5.75 Å². The van der Waals surface area contributed by atoms with Gasteiger partial charge in [0.1, 0.15) is 31.3 Å². The molecular formula is C33H45N2O+. The van der Waals surface area contributed by atoms with Gasteiger partial charge in [-0.15, -0.1) is 0 Å². The molecule has 0 N–H and O–H groups in total. The molecule has 2 aromatic rings. The lowest BCUT2D eigenvalue weighted by Crippen LogP contribution is -2.22. The predicted octanol–water partition coefficient (Wildman–Crippen LogP) is 7.90. The first-order valence-corrected chi connectivity index (χ1v) is 13.5. The molecule has 3 nitrogen and oxygen atoms in total. The van der Waals surface area contributed by atoms with Crippen molar-refractivity contribution in [2.24, 2.45) is 5.41 Å². The topological polar surface area (TPSA) is 15.5 Å². The Morgan fingerprint density at radius 2 is 1.64 bits per heavy atom. The van der Waals surface area contributed by atoms with Crippen molar-refractivity contribution in [1.29, 1.82) is 0 Å². The van der Waals surface area contributed by atoms with Crippen LogP contribution in [0, 0.1) is 5.41 Å². The van der Waals surface area contributed by atoms with E-state index < -0.39 is 0 Å². The van der Waals surface area contributed by atoms with Gasteiger partial charge in [0.05, 0.1) is 0 Å². The highest BCUT2D eigenvalue weighted by atomic mass is 16.5. The van der Waals surface area contributed by atoms with Crippen LogP contribution in [0.15, 0.2) is 72.0 Å². The fourth-order valence-corrected chi connectivity index (χ4v) is 4.71. The van der Waals surface area contributed by atoms with E-state index in [1.54, 1.807) is 0 Å². The fraction of sp³-hybridized carbons (Fsp3) is 0.424. The Morgan fingerprint density at radius 1 is 0.944 bits per heavy atom. The van der Waals surface area contributed by atoms with Gasteiger partial charge >= 0.3 is 0 Å². The molecule has 1 heterocycles. The van der Waals surface area contributed by atoms with E-state index in [2.05, 4.69) is 121 Å². The SMILES string of the molecule is C=[N+](CC)CC.CCN(CC)c1ccc2c(c1)OC1=CCC=CC1=C2c1ccccc1CC(C)(C)C. The quantitative estimate of drug-likeness (QED) is 0.292. The first kappa shape index (κ1) is 27.5. The highest BCUT2D eigenvalue weighted by Gasteiger charge is 2.28. The minimum absolute atomic E-state index is 0.225. The normalized spacial score (nSPS) is 14.1. The molecule has 2 aromatic carbocycles. The van der Waals surface area contributed by atoms with E-state index in [0.29, 0.717) is 0 Å². The molecule has 0 radical (unpaired) electrons. The van der Waals surface area contributed by atoms with Crippen LogP contribution >= 0.6 is 0 Å².